The molecule has 2 aliphatic rings. The number of piperazine rings is 1. The first-order valence-electron chi connectivity index (χ1n) is 10.5. The van der Waals surface area contributed by atoms with E-state index < -0.39 is 0 Å². The fraction of sp³-hybridized carbons (Fsp3) is 0.522. The Hall–Kier alpha value is -1.98. The highest BCUT2D eigenvalue weighted by molar-refractivity contribution is 5.53. The van der Waals surface area contributed by atoms with Crippen LogP contribution < -0.4 is 4.90 Å². The van der Waals surface area contributed by atoms with Crippen molar-refractivity contribution in [3.63, 3.8) is 0 Å². The minimum absolute atomic E-state index is 0.144. The van der Waals surface area contributed by atoms with E-state index in [-0.39, 0.29) is 5.82 Å². The van der Waals surface area contributed by atoms with Gasteiger partial charge in [0.2, 0.25) is 0 Å². The molecule has 2 aliphatic heterocycles. The lowest BCUT2D eigenvalue weighted by atomic mass is 10.0. The van der Waals surface area contributed by atoms with E-state index in [1.807, 2.05) is 25.3 Å². The fourth-order valence-corrected chi connectivity index (χ4v) is 4.63. The number of aromatic nitrogens is 1. The van der Waals surface area contributed by atoms with Gasteiger partial charge in [-0.2, -0.15) is 0 Å². The number of rotatable bonds is 4. The SMILES string of the molecule is Cc1cc(F)ccc1N1CCC(N2CCN(Cc3ncccc3C)CC2)CC1. The largest absolute Gasteiger partial charge is 0.371 e. The molecule has 0 atom stereocenters. The molecule has 0 saturated carbocycles. The molecule has 150 valence electrons. The number of hydrogen-bond donors (Lipinski definition) is 0. The molecule has 0 spiro atoms. The summed E-state index contributed by atoms with van der Waals surface area (Å²) >= 11 is 0. The van der Waals surface area contributed by atoms with E-state index in [0.717, 1.165) is 51.4 Å². The third kappa shape index (κ3) is 4.36. The molecule has 1 aromatic carbocycles. The summed E-state index contributed by atoms with van der Waals surface area (Å²) in [4.78, 5) is 12.2. The van der Waals surface area contributed by atoms with Crippen molar-refractivity contribution in [3.05, 3.63) is 59.2 Å². The molecule has 4 nitrogen and oxygen atoms in total. The fourth-order valence-electron chi connectivity index (χ4n) is 4.63. The van der Waals surface area contributed by atoms with Crippen LogP contribution in [0.5, 0.6) is 0 Å². The van der Waals surface area contributed by atoms with Crippen LogP contribution in [0.25, 0.3) is 0 Å². The van der Waals surface area contributed by atoms with Gasteiger partial charge in [-0.25, -0.2) is 4.39 Å². The van der Waals surface area contributed by atoms with Crippen molar-refractivity contribution in [2.24, 2.45) is 0 Å². The Morgan fingerprint density at radius 1 is 0.964 bits per heavy atom. The first kappa shape index (κ1) is 19.3. The normalized spacial score (nSPS) is 19.9. The quantitative estimate of drug-likeness (QED) is 0.805. The first-order chi connectivity index (χ1) is 13.6. The summed E-state index contributed by atoms with van der Waals surface area (Å²) in [6, 6.07) is 9.99. The summed E-state index contributed by atoms with van der Waals surface area (Å²) in [6.07, 6.45) is 4.28. The van der Waals surface area contributed by atoms with Crippen LogP contribution in [0.2, 0.25) is 0 Å². The van der Waals surface area contributed by atoms with Gasteiger partial charge in [0.05, 0.1) is 5.69 Å². The number of anilines is 1. The molecule has 0 aliphatic carbocycles. The van der Waals surface area contributed by atoms with E-state index in [9.17, 15) is 4.39 Å². The van der Waals surface area contributed by atoms with Crippen molar-refractivity contribution in [1.29, 1.82) is 0 Å². The molecule has 2 aromatic rings. The van der Waals surface area contributed by atoms with Gasteiger partial charge < -0.3 is 4.90 Å². The highest BCUT2D eigenvalue weighted by Crippen LogP contribution is 2.26. The highest BCUT2D eigenvalue weighted by atomic mass is 19.1. The summed E-state index contributed by atoms with van der Waals surface area (Å²) in [5.41, 5.74) is 4.72. The van der Waals surface area contributed by atoms with Crippen LogP contribution >= 0.6 is 0 Å². The Morgan fingerprint density at radius 2 is 1.71 bits per heavy atom. The average molecular weight is 383 g/mol. The molecule has 3 heterocycles. The molecule has 1 aromatic heterocycles. The summed E-state index contributed by atoms with van der Waals surface area (Å²) in [6.45, 7) is 11.8. The van der Waals surface area contributed by atoms with E-state index in [0.29, 0.717) is 6.04 Å². The zero-order chi connectivity index (χ0) is 19.5. The lowest BCUT2D eigenvalue weighted by molar-refractivity contribution is 0.0804. The summed E-state index contributed by atoms with van der Waals surface area (Å²) in [5.74, 6) is -0.144. The van der Waals surface area contributed by atoms with Crippen LogP contribution in [0.4, 0.5) is 10.1 Å². The lowest BCUT2D eigenvalue weighted by Crippen LogP contribution is -2.53. The minimum Gasteiger partial charge on any atom is -0.371 e. The molecule has 5 heteroatoms. The third-order valence-corrected chi connectivity index (χ3v) is 6.38. The Labute approximate surface area is 168 Å². The number of piperidine rings is 1. The van der Waals surface area contributed by atoms with E-state index in [1.165, 1.54) is 29.8 Å². The van der Waals surface area contributed by atoms with Crippen LogP contribution in [-0.2, 0) is 6.54 Å². The van der Waals surface area contributed by atoms with E-state index in [1.54, 1.807) is 12.1 Å². The highest BCUT2D eigenvalue weighted by Gasteiger charge is 2.28. The van der Waals surface area contributed by atoms with Gasteiger partial charge in [-0.15, -0.1) is 0 Å². The molecule has 0 amide bonds. The molecule has 0 radical (unpaired) electrons. The predicted molar refractivity (Wildman–Crippen MR) is 112 cm³/mol. The average Bonchev–Trinajstić information content (AvgIpc) is 2.71. The molecule has 2 fully saturated rings. The topological polar surface area (TPSA) is 22.6 Å². The van der Waals surface area contributed by atoms with Crippen molar-refractivity contribution in [1.82, 2.24) is 14.8 Å². The minimum atomic E-state index is -0.144. The maximum absolute atomic E-state index is 13.4. The maximum Gasteiger partial charge on any atom is 0.123 e. The van der Waals surface area contributed by atoms with Crippen molar-refractivity contribution in [2.45, 2.75) is 39.3 Å². The molecular formula is C23H31FN4. The second-order valence-electron chi connectivity index (χ2n) is 8.23. The summed E-state index contributed by atoms with van der Waals surface area (Å²) < 4.78 is 13.4. The van der Waals surface area contributed by atoms with Gasteiger partial charge in [0.1, 0.15) is 5.82 Å². The number of nitrogens with zero attached hydrogens (tertiary/aromatic N) is 4. The molecule has 28 heavy (non-hydrogen) atoms. The van der Waals surface area contributed by atoms with Crippen LogP contribution in [0.15, 0.2) is 36.5 Å². The third-order valence-electron chi connectivity index (χ3n) is 6.38. The number of halogens is 1. The van der Waals surface area contributed by atoms with Crippen molar-refractivity contribution >= 4 is 5.69 Å². The van der Waals surface area contributed by atoms with Crippen molar-refractivity contribution < 1.29 is 4.39 Å². The van der Waals surface area contributed by atoms with Crippen molar-refractivity contribution in [3.8, 4) is 0 Å². The Balaban J connectivity index is 1.26. The zero-order valence-corrected chi connectivity index (χ0v) is 17.1. The molecule has 0 N–H and O–H groups in total. The standard InChI is InChI=1S/C23H31FN4/c1-18-4-3-9-25-22(18)17-26-12-14-27(15-13-26)21-7-10-28(11-8-21)23-6-5-20(24)16-19(23)2/h3-6,9,16,21H,7-8,10-15,17H2,1-2H3. The summed E-state index contributed by atoms with van der Waals surface area (Å²) in [5, 5.41) is 0. The van der Waals surface area contributed by atoms with Gasteiger partial charge in [-0.3, -0.25) is 14.8 Å². The van der Waals surface area contributed by atoms with Crippen molar-refractivity contribution in [2.75, 3.05) is 44.2 Å². The van der Waals surface area contributed by atoms with Crippen LogP contribution in [0, 0.1) is 19.7 Å². The van der Waals surface area contributed by atoms with Crippen LogP contribution in [0.3, 0.4) is 0 Å². The van der Waals surface area contributed by atoms with Gasteiger partial charge >= 0.3 is 0 Å². The number of hydrogen-bond acceptors (Lipinski definition) is 4. The van der Waals surface area contributed by atoms with Crippen LogP contribution in [0.1, 0.15) is 29.7 Å². The van der Waals surface area contributed by atoms with E-state index in [4.69, 9.17) is 0 Å². The zero-order valence-electron chi connectivity index (χ0n) is 17.1. The monoisotopic (exact) mass is 382 g/mol. The smallest absolute Gasteiger partial charge is 0.123 e. The number of pyridine rings is 1. The first-order valence-corrected chi connectivity index (χ1v) is 10.5. The molecule has 0 bridgehead atoms. The predicted octanol–water partition coefficient (Wildman–Crippen LogP) is 3.62. The van der Waals surface area contributed by atoms with E-state index in [2.05, 4.69) is 32.7 Å². The molecule has 2 saturated heterocycles. The van der Waals surface area contributed by atoms with Gasteiger partial charge in [0, 0.05) is 63.7 Å². The van der Waals surface area contributed by atoms with Crippen LogP contribution in [-0.4, -0.2) is 60.1 Å². The Kier molecular flexibility index (Phi) is 5.93. The van der Waals surface area contributed by atoms with Gasteiger partial charge in [0.25, 0.3) is 0 Å². The van der Waals surface area contributed by atoms with E-state index >= 15 is 0 Å². The number of benzene rings is 1. The van der Waals surface area contributed by atoms with Gasteiger partial charge in [0.15, 0.2) is 0 Å². The second-order valence-corrected chi connectivity index (χ2v) is 8.23. The second kappa shape index (κ2) is 8.58. The number of aryl methyl sites for hydroxylation is 2. The Bertz CT molecular complexity index is 793. The Morgan fingerprint density at radius 3 is 2.39 bits per heavy atom. The van der Waals surface area contributed by atoms with Gasteiger partial charge in [-0.1, -0.05) is 6.07 Å². The van der Waals surface area contributed by atoms with Gasteiger partial charge in [-0.05, 0) is 62.1 Å². The lowest BCUT2D eigenvalue weighted by Gasteiger charge is -2.43. The summed E-state index contributed by atoms with van der Waals surface area (Å²) in [7, 11) is 0. The maximum atomic E-state index is 13.4. The molecule has 0 unspecified atom stereocenters. The molecule has 4 rings (SSSR count). The molecular weight excluding hydrogens is 351 g/mol.